The summed E-state index contributed by atoms with van der Waals surface area (Å²) in [5.41, 5.74) is 0. The van der Waals surface area contributed by atoms with Crippen molar-refractivity contribution >= 4 is 17.7 Å². The molecule has 0 bridgehead atoms. The molecule has 0 radical (unpaired) electrons. The number of nitrogens with one attached hydrogen (secondary N) is 2. The number of thioether (sulfide) groups is 1. The fraction of sp³-hybridized carbons (Fsp3) is 0.923. The molecular weight excluding hydrogens is 232 g/mol. The second-order valence-electron chi connectivity index (χ2n) is 4.91. The standard InChI is InChI=1S/C13H26N2OS/c1-11(12-9-14-10-12)13(16)15-7-5-3-4-6-8-17-2/h11-12,14H,3-10H2,1-2H3,(H,15,16). The number of carbonyl (C=O) groups excluding carboxylic acids is 1. The molecule has 0 aromatic carbocycles. The van der Waals surface area contributed by atoms with E-state index in [4.69, 9.17) is 0 Å². The summed E-state index contributed by atoms with van der Waals surface area (Å²) in [6.45, 7) is 4.90. The van der Waals surface area contributed by atoms with E-state index in [-0.39, 0.29) is 11.8 Å². The summed E-state index contributed by atoms with van der Waals surface area (Å²) >= 11 is 1.91. The molecule has 1 atom stereocenters. The Labute approximate surface area is 109 Å². The van der Waals surface area contributed by atoms with Crippen LogP contribution >= 0.6 is 11.8 Å². The molecule has 0 aromatic rings. The summed E-state index contributed by atoms with van der Waals surface area (Å²) in [6, 6.07) is 0. The molecule has 1 unspecified atom stereocenters. The average Bonchev–Trinajstić information content (AvgIpc) is 2.25. The van der Waals surface area contributed by atoms with Gasteiger partial charge in [-0.25, -0.2) is 0 Å². The van der Waals surface area contributed by atoms with E-state index in [9.17, 15) is 4.79 Å². The number of rotatable bonds is 9. The highest BCUT2D eigenvalue weighted by Gasteiger charge is 2.28. The molecule has 1 aliphatic heterocycles. The van der Waals surface area contributed by atoms with Crippen LogP contribution in [-0.4, -0.2) is 37.6 Å². The number of amides is 1. The normalized spacial score (nSPS) is 17.5. The molecular formula is C13H26N2OS. The predicted octanol–water partition coefficient (Wildman–Crippen LogP) is 1.88. The smallest absolute Gasteiger partial charge is 0.223 e. The topological polar surface area (TPSA) is 41.1 Å². The summed E-state index contributed by atoms with van der Waals surface area (Å²) in [6.07, 6.45) is 7.10. The highest BCUT2D eigenvalue weighted by Crippen LogP contribution is 2.15. The Morgan fingerprint density at radius 1 is 1.35 bits per heavy atom. The van der Waals surface area contributed by atoms with Crippen LogP contribution in [0.3, 0.4) is 0 Å². The number of hydrogen-bond acceptors (Lipinski definition) is 3. The van der Waals surface area contributed by atoms with Crippen molar-refractivity contribution in [2.24, 2.45) is 11.8 Å². The third-order valence-electron chi connectivity index (χ3n) is 3.51. The average molecular weight is 258 g/mol. The third-order valence-corrected chi connectivity index (χ3v) is 4.21. The summed E-state index contributed by atoms with van der Waals surface area (Å²) in [4.78, 5) is 11.8. The molecule has 100 valence electrons. The van der Waals surface area contributed by atoms with Gasteiger partial charge in [-0.2, -0.15) is 11.8 Å². The summed E-state index contributed by atoms with van der Waals surface area (Å²) in [5, 5.41) is 6.26. The maximum atomic E-state index is 11.8. The van der Waals surface area contributed by atoms with Gasteiger partial charge in [-0.1, -0.05) is 19.8 Å². The van der Waals surface area contributed by atoms with Gasteiger partial charge in [0.25, 0.3) is 0 Å². The lowest BCUT2D eigenvalue weighted by molar-refractivity contribution is -0.126. The molecule has 1 fully saturated rings. The molecule has 1 heterocycles. The fourth-order valence-corrected chi connectivity index (χ4v) is 2.47. The van der Waals surface area contributed by atoms with Gasteiger partial charge in [0.1, 0.15) is 0 Å². The van der Waals surface area contributed by atoms with Crippen molar-refractivity contribution in [3.8, 4) is 0 Å². The number of hydrogen-bond donors (Lipinski definition) is 2. The van der Waals surface area contributed by atoms with Gasteiger partial charge in [0.15, 0.2) is 0 Å². The molecule has 0 aromatic heterocycles. The molecule has 4 heteroatoms. The summed E-state index contributed by atoms with van der Waals surface area (Å²) < 4.78 is 0. The zero-order chi connectivity index (χ0) is 12.5. The van der Waals surface area contributed by atoms with Crippen molar-refractivity contribution in [1.82, 2.24) is 10.6 Å². The van der Waals surface area contributed by atoms with Crippen LogP contribution < -0.4 is 10.6 Å². The second-order valence-corrected chi connectivity index (χ2v) is 5.89. The molecule has 2 N–H and O–H groups in total. The first-order valence-corrected chi connectivity index (χ1v) is 8.12. The fourth-order valence-electron chi connectivity index (χ4n) is 1.98. The van der Waals surface area contributed by atoms with E-state index < -0.39 is 0 Å². The Morgan fingerprint density at radius 3 is 2.65 bits per heavy atom. The molecule has 17 heavy (non-hydrogen) atoms. The highest BCUT2D eigenvalue weighted by atomic mass is 32.2. The summed E-state index contributed by atoms with van der Waals surface area (Å²) in [5.74, 6) is 2.22. The van der Waals surface area contributed by atoms with Crippen molar-refractivity contribution in [1.29, 1.82) is 0 Å². The van der Waals surface area contributed by atoms with E-state index >= 15 is 0 Å². The molecule has 0 spiro atoms. The third kappa shape index (κ3) is 5.77. The van der Waals surface area contributed by atoms with Gasteiger partial charge in [-0.3, -0.25) is 4.79 Å². The van der Waals surface area contributed by atoms with E-state index in [1.807, 2.05) is 18.7 Å². The SMILES string of the molecule is CSCCCCCCNC(=O)C(C)C1CNC1. The van der Waals surface area contributed by atoms with E-state index in [0.29, 0.717) is 5.92 Å². The zero-order valence-electron chi connectivity index (χ0n) is 11.1. The maximum Gasteiger partial charge on any atom is 0.223 e. The minimum atomic E-state index is 0.174. The van der Waals surface area contributed by atoms with Gasteiger partial charge in [0, 0.05) is 12.5 Å². The Kier molecular flexibility index (Phi) is 7.69. The van der Waals surface area contributed by atoms with Crippen LogP contribution in [0.4, 0.5) is 0 Å². The Balaban J connectivity index is 1.92. The Bertz CT molecular complexity index is 219. The first kappa shape index (κ1) is 14.8. The lowest BCUT2D eigenvalue weighted by Gasteiger charge is -2.31. The lowest BCUT2D eigenvalue weighted by atomic mass is 9.88. The van der Waals surface area contributed by atoms with Crippen LogP contribution in [0.25, 0.3) is 0 Å². The minimum Gasteiger partial charge on any atom is -0.356 e. The van der Waals surface area contributed by atoms with Crippen molar-refractivity contribution in [2.45, 2.75) is 32.6 Å². The van der Waals surface area contributed by atoms with Crippen LogP contribution in [0.5, 0.6) is 0 Å². The van der Waals surface area contributed by atoms with Crippen LogP contribution in [0.1, 0.15) is 32.6 Å². The van der Waals surface area contributed by atoms with Gasteiger partial charge >= 0.3 is 0 Å². The van der Waals surface area contributed by atoms with Gasteiger partial charge in [0.05, 0.1) is 0 Å². The predicted molar refractivity (Wildman–Crippen MR) is 75.4 cm³/mol. The molecule has 1 amide bonds. The molecule has 1 rings (SSSR count). The first-order valence-electron chi connectivity index (χ1n) is 6.73. The van der Waals surface area contributed by atoms with Crippen molar-refractivity contribution in [2.75, 3.05) is 31.6 Å². The molecule has 0 saturated carbocycles. The van der Waals surface area contributed by atoms with Crippen LogP contribution in [0.15, 0.2) is 0 Å². The molecule has 0 aliphatic carbocycles. The Hall–Kier alpha value is -0.220. The van der Waals surface area contributed by atoms with Crippen molar-refractivity contribution in [3.05, 3.63) is 0 Å². The maximum absolute atomic E-state index is 11.8. The number of unbranched alkanes of at least 4 members (excludes halogenated alkanes) is 3. The van der Waals surface area contributed by atoms with Gasteiger partial charge in [0.2, 0.25) is 5.91 Å². The van der Waals surface area contributed by atoms with Crippen LogP contribution in [-0.2, 0) is 4.79 Å². The van der Waals surface area contributed by atoms with Gasteiger partial charge in [-0.05, 0) is 43.9 Å². The zero-order valence-corrected chi connectivity index (χ0v) is 11.9. The van der Waals surface area contributed by atoms with E-state index in [1.54, 1.807) is 0 Å². The lowest BCUT2D eigenvalue weighted by Crippen LogP contribution is -2.49. The van der Waals surface area contributed by atoms with Crippen molar-refractivity contribution < 1.29 is 4.79 Å². The largest absolute Gasteiger partial charge is 0.356 e. The quantitative estimate of drug-likeness (QED) is 0.621. The molecule has 1 saturated heterocycles. The van der Waals surface area contributed by atoms with E-state index in [0.717, 1.165) is 26.1 Å². The monoisotopic (exact) mass is 258 g/mol. The molecule has 1 aliphatic rings. The summed E-state index contributed by atoms with van der Waals surface area (Å²) in [7, 11) is 0. The Morgan fingerprint density at radius 2 is 2.06 bits per heavy atom. The highest BCUT2D eigenvalue weighted by molar-refractivity contribution is 7.98. The van der Waals surface area contributed by atoms with Crippen molar-refractivity contribution in [3.63, 3.8) is 0 Å². The van der Waals surface area contributed by atoms with Crippen LogP contribution in [0, 0.1) is 11.8 Å². The van der Waals surface area contributed by atoms with E-state index in [2.05, 4.69) is 16.9 Å². The number of carbonyl (C=O) groups is 1. The van der Waals surface area contributed by atoms with Crippen LogP contribution in [0.2, 0.25) is 0 Å². The first-order chi connectivity index (χ1) is 8.25. The van der Waals surface area contributed by atoms with Gasteiger partial charge < -0.3 is 10.6 Å². The van der Waals surface area contributed by atoms with E-state index in [1.165, 1.54) is 25.0 Å². The molecule has 3 nitrogen and oxygen atoms in total. The van der Waals surface area contributed by atoms with Gasteiger partial charge in [-0.15, -0.1) is 0 Å². The minimum absolute atomic E-state index is 0.174. The second kappa shape index (κ2) is 8.81.